The van der Waals surface area contributed by atoms with E-state index in [-0.39, 0.29) is 6.54 Å². The number of rotatable bonds is 7. The number of allylic oxidation sites excluding steroid dienone is 1. The molecule has 0 saturated heterocycles. The summed E-state index contributed by atoms with van der Waals surface area (Å²) in [6.45, 7) is 5.49. The van der Waals surface area contributed by atoms with Crippen molar-refractivity contribution in [2.24, 2.45) is 10.7 Å². The van der Waals surface area contributed by atoms with Gasteiger partial charge in [-0.2, -0.15) is 10.4 Å². The van der Waals surface area contributed by atoms with Gasteiger partial charge in [-0.15, -0.1) is 0 Å². The van der Waals surface area contributed by atoms with Gasteiger partial charge >= 0.3 is 0 Å². The Morgan fingerprint density at radius 3 is 2.53 bits per heavy atom. The molecule has 0 aliphatic rings. The number of aliphatic imine (C=N–C) groups is 1. The third-order valence-corrected chi connectivity index (χ3v) is 3.87. The minimum Gasteiger partial charge on any atom is -0.398 e. The zero-order valence-corrected chi connectivity index (χ0v) is 19.1. The Hall–Kier alpha value is -3.07. The molecule has 1 aromatic carbocycles. The molecule has 11 heteroatoms. The number of aromatic amines is 1. The van der Waals surface area contributed by atoms with E-state index in [2.05, 4.69) is 20.5 Å². The van der Waals surface area contributed by atoms with Crippen LogP contribution < -0.4 is 11.1 Å². The first-order chi connectivity index (χ1) is 15.1. The Morgan fingerprint density at radius 1 is 1.44 bits per heavy atom. The SMILES string of the molecule is CC.CC(O)c1cc(C=O)n[nH]1.CNCC(O)(O)/N=C/C=C(\N)c1ccc(C#N)c(Cl)c1. The first-order valence-electron chi connectivity index (χ1n) is 9.62. The molecule has 2 aromatic rings. The number of hydrogen-bond acceptors (Lipinski definition) is 9. The topological polar surface area (TPSA) is 181 Å². The Morgan fingerprint density at radius 2 is 2.09 bits per heavy atom. The van der Waals surface area contributed by atoms with E-state index in [4.69, 9.17) is 27.7 Å². The number of aldehydes is 1. The molecule has 0 aliphatic carbocycles. The predicted octanol–water partition coefficient (Wildman–Crippen LogP) is 1.74. The largest absolute Gasteiger partial charge is 0.398 e. The van der Waals surface area contributed by atoms with E-state index >= 15 is 0 Å². The van der Waals surface area contributed by atoms with Crippen LogP contribution in [0.2, 0.25) is 5.02 Å². The van der Waals surface area contributed by atoms with Crippen LogP contribution in [-0.2, 0) is 0 Å². The molecule has 174 valence electrons. The maximum atomic E-state index is 10.1. The molecule has 0 saturated carbocycles. The van der Waals surface area contributed by atoms with Gasteiger partial charge in [-0.05, 0) is 43.8 Å². The van der Waals surface area contributed by atoms with Crippen LogP contribution in [0.15, 0.2) is 35.3 Å². The molecule has 32 heavy (non-hydrogen) atoms. The number of nitrogens with one attached hydrogen (secondary N) is 2. The molecular formula is C21H29ClN6O4. The number of aromatic nitrogens is 2. The number of nitriles is 1. The number of carbonyl (C=O) groups is 1. The van der Waals surface area contributed by atoms with Gasteiger partial charge in [-0.1, -0.05) is 31.5 Å². The molecule has 0 aliphatic heterocycles. The Balaban J connectivity index is 0.000000668. The third-order valence-electron chi connectivity index (χ3n) is 3.56. The average molecular weight is 465 g/mol. The van der Waals surface area contributed by atoms with Crippen LogP contribution in [0.4, 0.5) is 0 Å². The summed E-state index contributed by atoms with van der Waals surface area (Å²) in [5.74, 6) is -2.19. The number of H-pyrrole nitrogens is 1. The van der Waals surface area contributed by atoms with Gasteiger partial charge in [0.1, 0.15) is 11.8 Å². The number of aliphatic hydroxyl groups excluding tert-OH is 1. The van der Waals surface area contributed by atoms with E-state index in [1.165, 1.54) is 18.4 Å². The summed E-state index contributed by atoms with van der Waals surface area (Å²) in [4.78, 5) is 13.6. The summed E-state index contributed by atoms with van der Waals surface area (Å²) in [6.07, 6.45) is 2.64. The van der Waals surface area contributed by atoms with E-state index < -0.39 is 12.0 Å². The second-order valence-corrected chi connectivity index (χ2v) is 6.46. The van der Waals surface area contributed by atoms with Gasteiger partial charge in [0.15, 0.2) is 6.29 Å². The number of nitrogens with two attached hydrogens (primary N) is 1. The zero-order valence-electron chi connectivity index (χ0n) is 18.4. The van der Waals surface area contributed by atoms with E-state index in [0.717, 1.165) is 0 Å². The van der Waals surface area contributed by atoms with Crippen LogP contribution in [-0.4, -0.2) is 57.5 Å². The van der Waals surface area contributed by atoms with Crippen LogP contribution in [0.25, 0.3) is 5.70 Å². The Labute approximate surface area is 192 Å². The number of benzene rings is 1. The second-order valence-electron chi connectivity index (χ2n) is 6.05. The van der Waals surface area contributed by atoms with Crippen LogP contribution in [0, 0.1) is 11.3 Å². The molecule has 1 aromatic heterocycles. The summed E-state index contributed by atoms with van der Waals surface area (Å²) >= 11 is 5.89. The highest BCUT2D eigenvalue weighted by atomic mass is 35.5. The summed E-state index contributed by atoms with van der Waals surface area (Å²) in [7, 11) is 1.57. The van der Waals surface area contributed by atoms with E-state index in [0.29, 0.717) is 39.5 Å². The number of carbonyl (C=O) groups excluding carboxylic acids is 1. The van der Waals surface area contributed by atoms with Crippen molar-refractivity contribution in [2.45, 2.75) is 32.8 Å². The highest BCUT2D eigenvalue weighted by Crippen LogP contribution is 2.19. The molecule has 1 unspecified atom stereocenters. The molecule has 7 N–H and O–H groups in total. The fourth-order valence-electron chi connectivity index (χ4n) is 2.03. The smallest absolute Gasteiger partial charge is 0.277 e. The Bertz CT molecular complexity index is 948. The lowest BCUT2D eigenvalue weighted by molar-refractivity contribution is -0.147. The van der Waals surface area contributed by atoms with Crippen LogP contribution >= 0.6 is 11.6 Å². The summed E-state index contributed by atoms with van der Waals surface area (Å²) in [5, 5.41) is 45.5. The van der Waals surface area contributed by atoms with Crippen LogP contribution in [0.5, 0.6) is 0 Å². The van der Waals surface area contributed by atoms with Gasteiger partial charge < -0.3 is 26.4 Å². The normalized spacial score (nSPS) is 12.2. The standard InChI is InChI=1S/C13H15ClN4O2.C6H8N2O2.C2H6/c1-17-8-13(19,20)18-5-4-12(16)9-2-3-10(7-15)11(14)6-9;1-4(10)6-2-5(3-9)7-8-6;1-2/h2-6,17,19-20H,8,16H2,1H3;2-4,10H,1H3,(H,7,8);1-2H3/b12-4-,18-5+;;. The average Bonchev–Trinajstić information content (AvgIpc) is 3.25. The van der Waals surface area contributed by atoms with Gasteiger partial charge in [0.05, 0.1) is 28.9 Å². The highest BCUT2D eigenvalue weighted by molar-refractivity contribution is 6.31. The lowest BCUT2D eigenvalue weighted by atomic mass is 10.1. The molecular weight excluding hydrogens is 436 g/mol. The maximum Gasteiger partial charge on any atom is 0.277 e. The number of likely N-dealkylation sites (N-methyl/N-ethyl adjacent to an activating group) is 1. The lowest BCUT2D eigenvalue weighted by Gasteiger charge is -2.14. The van der Waals surface area contributed by atoms with Crippen molar-refractivity contribution < 1.29 is 20.1 Å². The van der Waals surface area contributed by atoms with Gasteiger partial charge in [0, 0.05) is 11.9 Å². The van der Waals surface area contributed by atoms with E-state index in [9.17, 15) is 15.0 Å². The molecule has 1 atom stereocenters. The van der Waals surface area contributed by atoms with Crippen molar-refractivity contribution in [2.75, 3.05) is 13.6 Å². The molecule has 10 nitrogen and oxygen atoms in total. The van der Waals surface area contributed by atoms with Crippen LogP contribution in [0.1, 0.15) is 54.2 Å². The van der Waals surface area contributed by atoms with Crippen molar-refractivity contribution in [3.05, 3.63) is 57.9 Å². The number of aliphatic hydroxyl groups is 3. The van der Waals surface area contributed by atoms with Gasteiger partial charge in [0.2, 0.25) is 0 Å². The monoisotopic (exact) mass is 464 g/mol. The Kier molecular flexibility index (Phi) is 13.4. The van der Waals surface area contributed by atoms with Crippen molar-refractivity contribution in [3.8, 4) is 6.07 Å². The van der Waals surface area contributed by atoms with E-state index in [1.807, 2.05) is 19.9 Å². The molecule has 0 fully saturated rings. The predicted molar refractivity (Wildman–Crippen MR) is 124 cm³/mol. The fourth-order valence-corrected chi connectivity index (χ4v) is 2.25. The summed E-state index contributed by atoms with van der Waals surface area (Å²) < 4.78 is 0. The third kappa shape index (κ3) is 10.3. The second kappa shape index (κ2) is 14.9. The zero-order chi connectivity index (χ0) is 24.7. The first-order valence-corrected chi connectivity index (χ1v) is 10.00. The maximum absolute atomic E-state index is 10.1. The lowest BCUT2D eigenvalue weighted by Crippen LogP contribution is -2.37. The van der Waals surface area contributed by atoms with Crippen LogP contribution in [0.3, 0.4) is 0 Å². The quantitative estimate of drug-likeness (QED) is 0.203. The van der Waals surface area contributed by atoms with Crippen molar-refractivity contribution in [3.63, 3.8) is 0 Å². The van der Waals surface area contributed by atoms with E-state index in [1.54, 1.807) is 32.2 Å². The van der Waals surface area contributed by atoms with Gasteiger partial charge in [-0.25, -0.2) is 4.99 Å². The van der Waals surface area contributed by atoms with Gasteiger partial charge in [-0.3, -0.25) is 9.89 Å². The number of nitrogens with zero attached hydrogens (tertiary/aromatic N) is 3. The summed E-state index contributed by atoms with van der Waals surface area (Å²) in [5.41, 5.74) is 7.98. The molecule has 1 heterocycles. The molecule has 0 spiro atoms. The van der Waals surface area contributed by atoms with Crippen molar-refractivity contribution in [1.82, 2.24) is 15.5 Å². The minimum atomic E-state index is -2.19. The first kappa shape index (κ1) is 28.9. The molecule has 2 rings (SSSR count). The molecule has 0 amide bonds. The highest BCUT2D eigenvalue weighted by Gasteiger charge is 2.18. The summed E-state index contributed by atoms with van der Waals surface area (Å²) in [6, 6.07) is 8.21. The van der Waals surface area contributed by atoms with Crippen molar-refractivity contribution in [1.29, 1.82) is 5.26 Å². The molecule has 0 radical (unpaired) electrons. The van der Waals surface area contributed by atoms with Gasteiger partial charge in [0.25, 0.3) is 5.91 Å². The number of hydrogen-bond donors (Lipinski definition) is 6. The number of halogens is 1. The molecule has 0 bridgehead atoms. The van der Waals surface area contributed by atoms with Crippen molar-refractivity contribution >= 4 is 29.8 Å². The minimum absolute atomic E-state index is 0.111. The fraction of sp³-hybridized carbons (Fsp3) is 0.333.